The first-order valence-electron chi connectivity index (χ1n) is 6.30. The van der Waals surface area contributed by atoms with Gasteiger partial charge in [0, 0.05) is 6.04 Å². The van der Waals surface area contributed by atoms with Crippen molar-refractivity contribution in [2.24, 2.45) is 5.92 Å². The Hall–Kier alpha value is -0.960. The molecule has 0 aliphatic heterocycles. The highest BCUT2D eigenvalue weighted by Crippen LogP contribution is 2.31. The van der Waals surface area contributed by atoms with Gasteiger partial charge in [0.25, 0.3) is 0 Å². The highest BCUT2D eigenvalue weighted by atomic mass is 19.2. The maximum Gasteiger partial charge on any atom is 0.159 e. The average molecular weight is 239 g/mol. The highest BCUT2D eigenvalue weighted by Gasteiger charge is 2.21. The molecule has 17 heavy (non-hydrogen) atoms. The summed E-state index contributed by atoms with van der Waals surface area (Å²) in [7, 11) is 1.93. The van der Waals surface area contributed by atoms with Gasteiger partial charge in [-0.3, -0.25) is 0 Å². The third kappa shape index (κ3) is 3.25. The van der Waals surface area contributed by atoms with Gasteiger partial charge in [-0.2, -0.15) is 0 Å². The van der Waals surface area contributed by atoms with Crippen LogP contribution in [0.25, 0.3) is 0 Å². The summed E-state index contributed by atoms with van der Waals surface area (Å²) in [6.45, 7) is 0. The van der Waals surface area contributed by atoms with Crippen LogP contribution in [0, 0.1) is 17.6 Å². The minimum atomic E-state index is -0.770. The third-order valence-electron chi connectivity index (χ3n) is 3.72. The number of hydrogen-bond donors (Lipinski definition) is 1. The second-order valence-electron chi connectivity index (χ2n) is 4.97. The fourth-order valence-corrected chi connectivity index (χ4v) is 2.39. The van der Waals surface area contributed by atoms with E-state index < -0.39 is 11.6 Å². The Kier molecular flexibility index (Phi) is 4.11. The van der Waals surface area contributed by atoms with Crippen molar-refractivity contribution < 1.29 is 8.78 Å². The molecule has 1 aliphatic carbocycles. The van der Waals surface area contributed by atoms with Crippen molar-refractivity contribution in [3.63, 3.8) is 0 Å². The Labute approximate surface area is 101 Å². The standard InChI is InChI=1S/C14H19F2N/c1-17-12(7-10-3-2-4-10)8-11-5-6-13(15)14(16)9-11/h5-6,9-10,12,17H,2-4,7-8H2,1H3. The smallest absolute Gasteiger partial charge is 0.159 e. The maximum absolute atomic E-state index is 13.1. The molecule has 1 nitrogen and oxygen atoms in total. The molecule has 1 aromatic rings. The Bertz CT molecular complexity index is 374. The van der Waals surface area contributed by atoms with Crippen LogP contribution >= 0.6 is 0 Å². The van der Waals surface area contributed by atoms with Gasteiger partial charge in [0.2, 0.25) is 0 Å². The van der Waals surface area contributed by atoms with Gasteiger partial charge in [-0.05, 0) is 43.5 Å². The summed E-state index contributed by atoms with van der Waals surface area (Å²) in [5.41, 5.74) is 0.863. The monoisotopic (exact) mass is 239 g/mol. The summed E-state index contributed by atoms with van der Waals surface area (Å²) in [6, 6.07) is 4.55. The van der Waals surface area contributed by atoms with Crippen LogP contribution in [0.4, 0.5) is 8.78 Å². The van der Waals surface area contributed by atoms with E-state index in [2.05, 4.69) is 5.32 Å². The van der Waals surface area contributed by atoms with Crippen LogP contribution in [-0.4, -0.2) is 13.1 Å². The summed E-state index contributed by atoms with van der Waals surface area (Å²) in [6.07, 6.45) is 5.87. The van der Waals surface area contributed by atoms with Gasteiger partial charge in [0.1, 0.15) is 0 Å². The van der Waals surface area contributed by atoms with Gasteiger partial charge >= 0.3 is 0 Å². The first kappa shape index (κ1) is 12.5. The number of halogens is 2. The molecule has 94 valence electrons. The van der Waals surface area contributed by atoms with Crippen LogP contribution < -0.4 is 5.32 Å². The zero-order valence-electron chi connectivity index (χ0n) is 10.2. The second kappa shape index (κ2) is 5.58. The largest absolute Gasteiger partial charge is 0.317 e. The van der Waals surface area contributed by atoms with Gasteiger partial charge in [-0.15, -0.1) is 0 Å². The fourth-order valence-electron chi connectivity index (χ4n) is 2.39. The summed E-state index contributed by atoms with van der Waals surface area (Å²) in [4.78, 5) is 0. The molecular formula is C14H19F2N. The topological polar surface area (TPSA) is 12.0 Å². The lowest BCUT2D eigenvalue weighted by Gasteiger charge is -2.29. The highest BCUT2D eigenvalue weighted by molar-refractivity contribution is 5.18. The van der Waals surface area contributed by atoms with Crippen LogP contribution in [0.1, 0.15) is 31.2 Å². The van der Waals surface area contributed by atoms with E-state index in [0.29, 0.717) is 6.04 Å². The Morgan fingerprint density at radius 3 is 2.59 bits per heavy atom. The Morgan fingerprint density at radius 2 is 2.06 bits per heavy atom. The number of rotatable bonds is 5. The molecule has 0 bridgehead atoms. The van der Waals surface area contributed by atoms with Crippen LogP contribution in [0.15, 0.2) is 18.2 Å². The summed E-state index contributed by atoms with van der Waals surface area (Å²) in [5, 5.41) is 3.27. The zero-order valence-corrected chi connectivity index (χ0v) is 10.2. The molecule has 1 N–H and O–H groups in total. The normalized spacial score (nSPS) is 17.8. The Balaban J connectivity index is 1.94. The predicted molar refractivity (Wildman–Crippen MR) is 64.9 cm³/mol. The molecule has 1 aromatic carbocycles. The van der Waals surface area contributed by atoms with Gasteiger partial charge < -0.3 is 5.32 Å². The van der Waals surface area contributed by atoms with Crippen LogP contribution in [0.2, 0.25) is 0 Å². The molecule has 0 spiro atoms. The summed E-state index contributed by atoms with van der Waals surface area (Å²) in [5.74, 6) is -0.701. The fraction of sp³-hybridized carbons (Fsp3) is 0.571. The summed E-state index contributed by atoms with van der Waals surface area (Å²) < 4.78 is 25.9. The van der Waals surface area contributed by atoms with Crippen molar-refractivity contribution >= 4 is 0 Å². The molecule has 1 unspecified atom stereocenters. The van der Waals surface area contributed by atoms with E-state index in [1.54, 1.807) is 6.07 Å². The van der Waals surface area contributed by atoms with Crippen LogP contribution in [0.5, 0.6) is 0 Å². The molecule has 0 heterocycles. The van der Waals surface area contributed by atoms with E-state index in [1.165, 1.54) is 31.4 Å². The van der Waals surface area contributed by atoms with E-state index in [1.807, 2.05) is 7.05 Å². The lowest BCUT2D eigenvalue weighted by molar-refractivity contribution is 0.263. The van der Waals surface area contributed by atoms with Gasteiger partial charge in [-0.1, -0.05) is 25.3 Å². The quantitative estimate of drug-likeness (QED) is 0.831. The average Bonchev–Trinajstić information content (AvgIpc) is 2.26. The SMILES string of the molecule is CNC(Cc1ccc(F)c(F)c1)CC1CCC1. The van der Waals surface area contributed by atoms with E-state index in [-0.39, 0.29) is 0 Å². The van der Waals surface area contributed by atoms with Crippen molar-refractivity contribution in [2.75, 3.05) is 7.05 Å². The first-order chi connectivity index (χ1) is 8.19. The first-order valence-corrected chi connectivity index (χ1v) is 6.30. The van der Waals surface area contributed by atoms with E-state index in [0.717, 1.165) is 24.3 Å². The molecule has 1 atom stereocenters. The molecule has 1 aliphatic rings. The number of benzene rings is 1. The number of likely N-dealkylation sites (N-methyl/N-ethyl adjacent to an activating group) is 1. The minimum Gasteiger partial charge on any atom is -0.317 e. The molecule has 0 amide bonds. The molecule has 1 saturated carbocycles. The van der Waals surface area contributed by atoms with Crippen molar-refractivity contribution in [1.82, 2.24) is 5.32 Å². The van der Waals surface area contributed by atoms with Crippen LogP contribution in [-0.2, 0) is 6.42 Å². The lowest BCUT2D eigenvalue weighted by atomic mass is 9.80. The Morgan fingerprint density at radius 1 is 1.29 bits per heavy atom. The zero-order chi connectivity index (χ0) is 12.3. The van der Waals surface area contributed by atoms with E-state index in [4.69, 9.17) is 0 Å². The van der Waals surface area contributed by atoms with Crippen molar-refractivity contribution in [3.05, 3.63) is 35.4 Å². The predicted octanol–water partition coefficient (Wildman–Crippen LogP) is 3.29. The van der Waals surface area contributed by atoms with Crippen molar-refractivity contribution in [2.45, 2.75) is 38.1 Å². The van der Waals surface area contributed by atoms with Crippen molar-refractivity contribution in [1.29, 1.82) is 0 Å². The number of hydrogen-bond acceptors (Lipinski definition) is 1. The van der Waals surface area contributed by atoms with Gasteiger partial charge in [-0.25, -0.2) is 8.78 Å². The van der Waals surface area contributed by atoms with Crippen molar-refractivity contribution in [3.8, 4) is 0 Å². The van der Waals surface area contributed by atoms with Gasteiger partial charge in [0.15, 0.2) is 11.6 Å². The lowest BCUT2D eigenvalue weighted by Crippen LogP contribution is -2.32. The van der Waals surface area contributed by atoms with Gasteiger partial charge in [0.05, 0.1) is 0 Å². The molecule has 0 saturated heterocycles. The minimum absolute atomic E-state index is 0.366. The summed E-state index contributed by atoms with van der Waals surface area (Å²) >= 11 is 0. The molecule has 0 aromatic heterocycles. The second-order valence-corrected chi connectivity index (χ2v) is 4.97. The van der Waals surface area contributed by atoms with E-state index >= 15 is 0 Å². The number of nitrogens with one attached hydrogen (secondary N) is 1. The maximum atomic E-state index is 13.1. The molecule has 0 radical (unpaired) electrons. The van der Waals surface area contributed by atoms with Crippen LogP contribution in [0.3, 0.4) is 0 Å². The molecule has 2 rings (SSSR count). The van der Waals surface area contributed by atoms with E-state index in [9.17, 15) is 8.78 Å². The molecule has 3 heteroatoms. The molecular weight excluding hydrogens is 220 g/mol. The molecule has 1 fully saturated rings. The third-order valence-corrected chi connectivity index (χ3v) is 3.72.